The molecule has 3 N–H and O–H groups in total. The molecule has 0 aromatic heterocycles. The largest absolute Gasteiger partial charge is 0.378 e. The van der Waals surface area contributed by atoms with Crippen molar-refractivity contribution in [3.8, 4) is 0 Å². The van der Waals surface area contributed by atoms with Crippen LogP contribution in [0.25, 0.3) is 0 Å². The van der Waals surface area contributed by atoms with Gasteiger partial charge in [0, 0.05) is 16.2 Å². The van der Waals surface area contributed by atoms with Crippen LogP contribution in [0, 0.1) is 5.82 Å². The lowest BCUT2D eigenvalue weighted by Gasteiger charge is -2.31. The third kappa shape index (κ3) is 2.11. The van der Waals surface area contributed by atoms with Crippen LogP contribution in [0.5, 0.6) is 0 Å². The van der Waals surface area contributed by atoms with Crippen molar-refractivity contribution in [1.82, 2.24) is 0 Å². The van der Waals surface area contributed by atoms with E-state index in [2.05, 4.69) is 12.2 Å². The standard InChI is InChI=1S/C11H15FN2S/c1-7-9(5-6-13)15-10-4-2-3-8(12)11(10)14-7/h2-4,7,9,14H,5-6,13H2,1H3. The number of rotatable bonds is 2. The van der Waals surface area contributed by atoms with E-state index in [0.717, 1.165) is 11.3 Å². The number of hydrogen-bond donors (Lipinski definition) is 2. The first-order chi connectivity index (χ1) is 7.22. The van der Waals surface area contributed by atoms with Gasteiger partial charge < -0.3 is 11.1 Å². The van der Waals surface area contributed by atoms with Gasteiger partial charge in [0.15, 0.2) is 0 Å². The second-order valence-corrected chi connectivity index (χ2v) is 5.06. The molecule has 4 heteroatoms. The maximum Gasteiger partial charge on any atom is 0.147 e. The van der Waals surface area contributed by atoms with Gasteiger partial charge in [0.05, 0.1) is 5.69 Å². The molecule has 82 valence electrons. The number of para-hydroxylation sites is 1. The summed E-state index contributed by atoms with van der Waals surface area (Å²) in [5.74, 6) is -0.168. The summed E-state index contributed by atoms with van der Waals surface area (Å²) in [7, 11) is 0. The number of halogens is 1. The Balaban J connectivity index is 2.25. The maximum absolute atomic E-state index is 13.5. The van der Waals surface area contributed by atoms with Crippen molar-refractivity contribution < 1.29 is 4.39 Å². The summed E-state index contributed by atoms with van der Waals surface area (Å²) in [5, 5.41) is 3.65. The Morgan fingerprint density at radius 1 is 1.53 bits per heavy atom. The monoisotopic (exact) mass is 226 g/mol. The zero-order chi connectivity index (χ0) is 10.8. The topological polar surface area (TPSA) is 38.0 Å². The van der Waals surface area contributed by atoms with Gasteiger partial charge in [-0.25, -0.2) is 4.39 Å². The highest BCUT2D eigenvalue weighted by molar-refractivity contribution is 8.00. The summed E-state index contributed by atoms with van der Waals surface area (Å²) in [4.78, 5) is 0.992. The van der Waals surface area contributed by atoms with E-state index in [0.29, 0.717) is 17.5 Å². The minimum absolute atomic E-state index is 0.168. The van der Waals surface area contributed by atoms with Crippen molar-refractivity contribution in [2.75, 3.05) is 11.9 Å². The molecule has 0 bridgehead atoms. The van der Waals surface area contributed by atoms with Crippen molar-refractivity contribution in [1.29, 1.82) is 0 Å². The van der Waals surface area contributed by atoms with Crippen LogP contribution in [0.2, 0.25) is 0 Å². The third-order valence-electron chi connectivity index (χ3n) is 2.63. The number of nitrogens with one attached hydrogen (secondary N) is 1. The lowest BCUT2D eigenvalue weighted by Crippen LogP contribution is -2.33. The Hall–Kier alpha value is -0.740. The van der Waals surface area contributed by atoms with E-state index in [1.807, 2.05) is 6.07 Å². The number of thioether (sulfide) groups is 1. The smallest absolute Gasteiger partial charge is 0.147 e. The summed E-state index contributed by atoms with van der Waals surface area (Å²) in [6.07, 6.45) is 0.953. The fraction of sp³-hybridized carbons (Fsp3) is 0.455. The first-order valence-corrected chi connectivity index (χ1v) is 6.02. The molecule has 2 unspecified atom stereocenters. The Labute approximate surface area is 93.4 Å². The van der Waals surface area contributed by atoms with Crippen LogP contribution in [-0.2, 0) is 0 Å². The SMILES string of the molecule is CC1Nc2c(F)cccc2SC1CCN. The maximum atomic E-state index is 13.5. The molecular weight excluding hydrogens is 211 g/mol. The number of fused-ring (bicyclic) bond motifs is 1. The number of benzene rings is 1. The molecule has 2 nitrogen and oxygen atoms in total. The van der Waals surface area contributed by atoms with Crippen LogP contribution in [0.1, 0.15) is 13.3 Å². The minimum atomic E-state index is -0.168. The third-order valence-corrected chi connectivity index (χ3v) is 4.18. The summed E-state index contributed by atoms with van der Waals surface area (Å²) in [6, 6.07) is 5.45. The highest BCUT2D eigenvalue weighted by atomic mass is 32.2. The van der Waals surface area contributed by atoms with Crippen LogP contribution in [-0.4, -0.2) is 17.8 Å². The Bertz CT molecular complexity index is 356. The van der Waals surface area contributed by atoms with Gasteiger partial charge in [0.1, 0.15) is 5.82 Å². The molecule has 0 fully saturated rings. The Kier molecular flexibility index (Phi) is 3.17. The second-order valence-electron chi connectivity index (χ2n) is 3.78. The van der Waals surface area contributed by atoms with Gasteiger partial charge in [-0.05, 0) is 32.0 Å². The minimum Gasteiger partial charge on any atom is -0.378 e. The van der Waals surface area contributed by atoms with Crippen molar-refractivity contribution >= 4 is 17.4 Å². The van der Waals surface area contributed by atoms with Crippen LogP contribution >= 0.6 is 11.8 Å². The van der Waals surface area contributed by atoms with Gasteiger partial charge in [-0.3, -0.25) is 0 Å². The summed E-state index contributed by atoms with van der Waals surface area (Å²) in [5.41, 5.74) is 6.20. The highest BCUT2D eigenvalue weighted by Crippen LogP contribution is 2.39. The second kappa shape index (κ2) is 4.41. The summed E-state index contributed by atoms with van der Waals surface area (Å²) >= 11 is 1.72. The van der Waals surface area contributed by atoms with Crippen molar-refractivity contribution in [3.63, 3.8) is 0 Å². The first kappa shape index (κ1) is 10.8. The fourth-order valence-corrected chi connectivity index (χ4v) is 3.09. The average molecular weight is 226 g/mol. The van der Waals surface area contributed by atoms with Crippen molar-refractivity contribution in [2.45, 2.75) is 29.5 Å². The molecule has 1 heterocycles. The van der Waals surface area contributed by atoms with Crippen LogP contribution in [0.15, 0.2) is 23.1 Å². The molecule has 2 atom stereocenters. The predicted molar refractivity (Wildman–Crippen MR) is 62.8 cm³/mol. The van der Waals surface area contributed by atoms with Gasteiger partial charge >= 0.3 is 0 Å². The molecule has 0 saturated heterocycles. The molecule has 1 aliphatic rings. The van der Waals surface area contributed by atoms with Crippen LogP contribution in [0.3, 0.4) is 0 Å². The van der Waals surface area contributed by atoms with Crippen molar-refractivity contribution in [2.24, 2.45) is 5.73 Å². The Morgan fingerprint density at radius 3 is 3.07 bits per heavy atom. The number of anilines is 1. The molecular formula is C11H15FN2S. The molecule has 15 heavy (non-hydrogen) atoms. The molecule has 1 aliphatic heterocycles. The zero-order valence-corrected chi connectivity index (χ0v) is 9.48. The van der Waals surface area contributed by atoms with Gasteiger partial charge in [0.2, 0.25) is 0 Å². The van der Waals surface area contributed by atoms with E-state index in [4.69, 9.17) is 5.73 Å². The predicted octanol–water partition coefficient (Wildman–Crippen LogP) is 2.45. The molecule has 0 spiro atoms. The van der Waals surface area contributed by atoms with E-state index < -0.39 is 0 Å². The van der Waals surface area contributed by atoms with E-state index in [-0.39, 0.29) is 11.9 Å². The quantitative estimate of drug-likeness (QED) is 0.813. The van der Waals surface area contributed by atoms with E-state index >= 15 is 0 Å². The number of hydrogen-bond acceptors (Lipinski definition) is 3. The molecule has 0 radical (unpaired) electrons. The molecule has 0 aliphatic carbocycles. The lowest BCUT2D eigenvalue weighted by atomic mass is 10.1. The van der Waals surface area contributed by atoms with Gasteiger partial charge in [-0.1, -0.05) is 6.07 Å². The van der Waals surface area contributed by atoms with Crippen LogP contribution < -0.4 is 11.1 Å². The van der Waals surface area contributed by atoms with E-state index in [9.17, 15) is 4.39 Å². The summed E-state index contributed by atoms with van der Waals surface area (Å²) in [6.45, 7) is 2.75. The van der Waals surface area contributed by atoms with Gasteiger partial charge in [-0.15, -0.1) is 11.8 Å². The summed E-state index contributed by atoms with van der Waals surface area (Å²) < 4.78 is 13.5. The lowest BCUT2D eigenvalue weighted by molar-refractivity contribution is 0.611. The highest BCUT2D eigenvalue weighted by Gasteiger charge is 2.26. The van der Waals surface area contributed by atoms with Gasteiger partial charge in [-0.2, -0.15) is 0 Å². The molecule has 0 amide bonds. The number of nitrogens with two attached hydrogens (primary N) is 1. The molecule has 1 aromatic rings. The van der Waals surface area contributed by atoms with E-state index in [1.54, 1.807) is 17.8 Å². The van der Waals surface area contributed by atoms with Crippen LogP contribution in [0.4, 0.5) is 10.1 Å². The normalized spacial score (nSPS) is 24.5. The van der Waals surface area contributed by atoms with E-state index in [1.165, 1.54) is 6.07 Å². The molecule has 2 rings (SSSR count). The van der Waals surface area contributed by atoms with Crippen molar-refractivity contribution in [3.05, 3.63) is 24.0 Å². The first-order valence-electron chi connectivity index (χ1n) is 5.14. The molecule has 0 saturated carbocycles. The zero-order valence-electron chi connectivity index (χ0n) is 8.66. The Morgan fingerprint density at radius 2 is 2.33 bits per heavy atom. The van der Waals surface area contributed by atoms with Gasteiger partial charge in [0.25, 0.3) is 0 Å². The average Bonchev–Trinajstić information content (AvgIpc) is 2.21. The fourth-order valence-electron chi connectivity index (χ4n) is 1.80. The molecule has 1 aromatic carbocycles.